The number of aryl methyl sites for hydroxylation is 1. The van der Waals surface area contributed by atoms with E-state index in [2.05, 4.69) is 10.3 Å². The number of fused-ring (bicyclic) bond motifs is 1. The van der Waals surface area contributed by atoms with Gasteiger partial charge in [0.2, 0.25) is 5.91 Å². The summed E-state index contributed by atoms with van der Waals surface area (Å²) in [5, 5.41) is 3.11. The van der Waals surface area contributed by atoms with E-state index in [9.17, 15) is 4.79 Å². The molecule has 1 aromatic heterocycles. The zero-order chi connectivity index (χ0) is 12.5. The van der Waals surface area contributed by atoms with Gasteiger partial charge in [-0.25, -0.2) is 4.98 Å². The lowest BCUT2D eigenvalue weighted by atomic mass is 9.76. The molecule has 1 aromatic rings. The Labute approximate surface area is 107 Å². The molecule has 98 valence electrons. The summed E-state index contributed by atoms with van der Waals surface area (Å²) in [5.41, 5.74) is 0. The molecule has 1 amide bonds. The Morgan fingerprint density at radius 3 is 3.33 bits per heavy atom. The molecule has 0 aromatic carbocycles. The van der Waals surface area contributed by atoms with Crippen molar-refractivity contribution in [2.24, 2.45) is 5.92 Å². The highest BCUT2D eigenvalue weighted by Crippen LogP contribution is 2.38. The van der Waals surface area contributed by atoms with E-state index in [1.165, 1.54) is 0 Å². The van der Waals surface area contributed by atoms with Crippen LogP contribution in [-0.4, -0.2) is 34.2 Å². The van der Waals surface area contributed by atoms with Gasteiger partial charge in [-0.1, -0.05) is 6.92 Å². The first-order valence-corrected chi connectivity index (χ1v) is 6.69. The number of carbonyl (C=O) groups excluding carboxylic acids is 1. The number of imidazole rings is 1. The second-order valence-electron chi connectivity index (χ2n) is 5.10. The Morgan fingerprint density at radius 1 is 1.67 bits per heavy atom. The number of amides is 1. The third-order valence-corrected chi connectivity index (χ3v) is 4.04. The van der Waals surface area contributed by atoms with Crippen molar-refractivity contribution in [3.63, 3.8) is 0 Å². The molecule has 3 rings (SSSR count). The summed E-state index contributed by atoms with van der Waals surface area (Å²) in [7, 11) is 0. The lowest BCUT2D eigenvalue weighted by molar-refractivity contribution is -0.124. The fraction of sp³-hybridized carbons (Fsp3) is 0.692. The standard InChI is InChI=1S/C13H19N3O2/c1-2-12-14-4-5-16(12)8-13(17)15-10-7-11-9(10)3-6-18-11/h4-5,9-11H,2-3,6-8H2,1H3,(H,15,17)/t9-,10+,11+/m1/s1. The normalized spacial score (nSPS) is 29.7. The van der Waals surface area contributed by atoms with Crippen LogP contribution in [0.5, 0.6) is 0 Å². The molecule has 2 heterocycles. The number of nitrogens with zero attached hydrogens (tertiary/aromatic N) is 2. The van der Waals surface area contributed by atoms with Crippen LogP contribution in [0, 0.1) is 5.92 Å². The number of carbonyl (C=O) groups is 1. The molecule has 0 bridgehead atoms. The maximum atomic E-state index is 12.0. The second kappa shape index (κ2) is 4.72. The zero-order valence-corrected chi connectivity index (χ0v) is 10.6. The predicted molar refractivity (Wildman–Crippen MR) is 66.0 cm³/mol. The minimum absolute atomic E-state index is 0.0815. The van der Waals surface area contributed by atoms with Gasteiger partial charge in [-0.05, 0) is 12.8 Å². The van der Waals surface area contributed by atoms with E-state index in [-0.39, 0.29) is 5.91 Å². The van der Waals surface area contributed by atoms with Gasteiger partial charge < -0.3 is 14.6 Å². The van der Waals surface area contributed by atoms with Crippen molar-refractivity contribution in [1.82, 2.24) is 14.9 Å². The third kappa shape index (κ3) is 2.03. The van der Waals surface area contributed by atoms with Crippen LogP contribution in [-0.2, 0) is 22.5 Å². The topological polar surface area (TPSA) is 56.2 Å². The molecule has 0 radical (unpaired) electrons. The minimum atomic E-state index is 0.0815. The largest absolute Gasteiger partial charge is 0.378 e. The van der Waals surface area contributed by atoms with Crippen LogP contribution < -0.4 is 5.32 Å². The molecule has 0 spiro atoms. The van der Waals surface area contributed by atoms with E-state index in [1.54, 1.807) is 6.20 Å². The summed E-state index contributed by atoms with van der Waals surface area (Å²) in [6.07, 6.45) is 6.91. The molecule has 18 heavy (non-hydrogen) atoms. The van der Waals surface area contributed by atoms with Crippen LogP contribution in [0.15, 0.2) is 12.4 Å². The Hall–Kier alpha value is -1.36. The summed E-state index contributed by atoms with van der Waals surface area (Å²) in [6, 6.07) is 0.318. The lowest BCUT2D eigenvalue weighted by Crippen LogP contribution is -2.54. The molecule has 0 unspecified atom stereocenters. The molecule has 2 aliphatic rings. The molecule has 1 saturated heterocycles. The van der Waals surface area contributed by atoms with Crippen molar-refractivity contribution in [3.8, 4) is 0 Å². The van der Waals surface area contributed by atoms with Crippen LogP contribution in [0.25, 0.3) is 0 Å². The Balaban J connectivity index is 1.53. The van der Waals surface area contributed by atoms with Crippen LogP contribution >= 0.6 is 0 Å². The number of ether oxygens (including phenoxy) is 1. The Morgan fingerprint density at radius 2 is 2.56 bits per heavy atom. The van der Waals surface area contributed by atoms with Crippen molar-refractivity contribution < 1.29 is 9.53 Å². The van der Waals surface area contributed by atoms with E-state index in [0.29, 0.717) is 24.6 Å². The molecule has 1 N–H and O–H groups in total. The van der Waals surface area contributed by atoms with E-state index < -0.39 is 0 Å². The highest BCUT2D eigenvalue weighted by Gasteiger charge is 2.45. The molecule has 5 nitrogen and oxygen atoms in total. The Bertz CT molecular complexity index is 443. The average Bonchev–Trinajstić information content (AvgIpc) is 2.92. The van der Waals surface area contributed by atoms with E-state index in [1.807, 2.05) is 17.7 Å². The quantitative estimate of drug-likeness (QED) is 0.856. The van der Waals surface area contributed by atoms with E-state index in [0.717, 1.165) is 31.7 Å². The number of hydrogen-bond donors (Lipinski definition) is 1. The molecule has 1 aliphatic carbocycles. The van der Waals surface area contributed by atoms with Gasteiger partial charge in [0.1, 0.15) is 12.4 Å². The van der Waals surface area contributed by atoms with Crippen LogP contribution in [0.4, 0.5) is 0 Å². The molecular formula is C13H19N3O2. The van der Waals surface area contributed by atoms with Gasteiger partial charge >= 0.3 is 0 Å². The number of nitrogens with one attached hydrogen (secondary N) is 1. The maximum absolute atomic E-state index is 12.0. The highest BCUT2D eigenvalue weighted by molar-refractivity contribution is 5.76. The number of aromatic nitrogens is 2. The maximum Gasteiger partial charge on any atom is 0.240 e. The monoisotopic (exact) mass is 249 g/mol. The molecular weight excluding hydrogens is 230 g/mol. The zero-order valence-electron chi connectivity index (χ0n) is 10.6. The summed E-state index contributed by atoms with van der Waals surface area (Å²) in [5.74, 6) is 1.58. The van der Waals surface area contributed by atoms with Gasteiger partial charge in [0.15, 0.2) is 0 Å². The molecule has 3 atom stereocenters. The van der Waals surface area contributed by atoms with Gasteiger partial charge in [0.05, 0.1) is 6.10 Å². The molecule has 1 saturated carbocycles. The summed E-state index contributed by atoms with van der Waals surface area (Å²) in [6.45, 7) is 3.27. The summed E-state index contributed by atoms with van der Waals surface area (Å²) < 4.78 is 7.45. The van der Waals surface area contributed by atoms with Crippen LogP contribution in [0.2, 0.25) is 0 Å². The predicted octanol–water partition coefficient (Wildman–Crippen LogP) is 0.739. The number of rotatable bonds is 4. The van der Waals surface area contributed by atoms with Crippen molar-refractivity contribution >= 4 is 5.91 Å². The van der Waals surface area contributed by atoms with Gasteiger partial charge in [0.25, 0.3) is 0 Å². The lowest BCUT2D eigenvalue weighted by Gasteiger charge is -2.39. The van der Waals surface area contributed by atoms with Crippen LogP contribution in [0.3, 0.4) is 0 Å². The average molecular weight is 249 g/mol. The van der Waals surface area contributed by atoms with Gasteiger partial charge in [0, 0.05) is 37.4 Å². The minimum Gasteiger partial charge on any atom is -0.378 e. The fourth-order valence-corrected chi connectivity index (χ4v) is 2.97. The van der Waals surface area contributed by atoms with E-state index >= 15 is 0 Å². The van der Waals surface area contributed by atoms with Crippen molar-refractivity contribution in [3.05, 3.63) is 18.2 Å². The van der Waals surface area contributed by atoms with Crippen molar-refractivity contribution in [2.45, 2.75) is 44.9 Å². The third-order valence-electron chi connectivity index (χ3n) is 4.04. The van der Waals surface area contributed by atoms with Crippen LogP contribution in [0.1, 0.15) is 25.6 Å². The fourth-order valence-electron chi connectivity index (χ4n) is 2.97. The smallest absolute Gasteiger partial charge is 0.240 e. The van der Waals surface area contributed by atoms with Gasteiger partial charge in [-0.2, -0.15) is 0 Å². The summed E-state index contributed by atoms with van der Waals surface area (Å²) in [4.78, 5) is 16.2. The number of hydrogen-bond acceptors (Lipinski definition) is 3. The van der Waals surface area contributed by atoms with E-state index in [4.69, 9.17) is 4.74 Å². The Kier molecular flexibility index (Phi) is 3.07. The molecule has 2 fully saturated rings. The first-order valence-electron chi connectivity index (χ1n) is 6.69. The van der Waals surface area contributed by atoms with Crippen molar-refractivity contribution in [2.75, 3.05) is 6.61 Å². The first-order chi connectivity index (χ1) is 8.78. The molecule has 5 heteroatoms. The first kappa shape index (κ1) is 11.7. The van der Waals surface area contributed by atoms with Gasteiger partial charge in [-0.3, -0.25) is 4.79 Å². The second-order valence-corrected chi connectivity index (χ2v) is 5.10. The van der Waals surface area contributed by atoms with Gasteiger partial charge in [-0.15, -0.1) is 0 Å². The summed E-state index contributed by atoms with van der Waals surface area (Å²) >= 11 is 0. The molecule has 1 aliphatic heterocycles. The SMILES string of the molecule is CCc1nccn1CC(=O)N[C@H]1C[C@@H]2OCC[C@H]12. The highest BCUT2D eigenvalue weighted by atomic mass is 16.5. The van der Waals surface area contributed by atoms with Crippen molar-refractivity contribution in [1.29, 1.82) is 0 Å².